The van der Waals surface area contributed by atoms with E-state index in [-0.39, 0.29) is 12.4 Å². The predicted molar refractivity (Wildman–Crippen MR) is 118 cm³/mol. The van der Waals surface area contributed by atoms with E-state index in [1.165, 1.54) is 88.4 Å². The number of nitrogens with zero attached hydrogens (tertiary/aromatic N) is 1. The molecule has 1 unspecified atom stereocenters. The van der Waals surface area contributed by atoms with Crippen molar-refractivity contribution in [1.82, 2.24) is 4.98 Å². The summed E-state index contributed by atoms with van der Waals surface area (Å²) < 4.78 is 4.93. The predicted octanol–water partition coefficient (Wildman–Crippen LogP) is 6.76. The summed E-state index contributed by atoms with van der Waals surface area (Å²) in [5.74, 6) is -0.259. The number of aliphatic hydroxyl groups excluding tert-OH is 1. The van der Waals surface area contributed by atoms with Crippen LogP contribution in [0.4, 0.5) is 0 Å². The average Bonchev–Trinajstić information content (AvgIpc) is 3.14. The average molecular weight is 412 g/mol. The summed E-state index contributed by atoms with van der Waals surface area (Å²) in [7, 11) is 0. The lowest BCUT2D eigenvalue weighted by Gasteiger charge is -2.07. The minimum atomic E-state index is -0.506. The van der Waals surface area contributed by atoms with Crippen LogP contribution in [0.3, 0.4) is 0 Å². The van der Waals surface area contributed by atoms with Gasteiger partial charge in [-0.05, 0) is 13.3 Å². The van der Waals surface area contributed by atoms with Gasteiger partial charge in [0.25, 0.3) is 0 Å². The van der Waals surface area contributed by atoms with Gasteiger partial charge in [0, 0.05) is 5.38 Å². The molecule has 0 aliphatic carbocycles. The second kappa shape index (κ2) is 17.0. The molecule has 0 fully saturated rings. The zero-order valence-corrected chi connectivity index (χ0v) is 18.9. The lowest BCUT2D eigenvalue weighted by Crippen LogP contribution is -2.08. The molecule has 162 valence electrons. The zero-order chi connectivity index (χ0) is 20.5. The number of carbonyl (C=O) groups excluding carboxylic acids is 1. The molecular formula is C23H41NO3S. The van der Waals surface area contributed by atoms with Crippen LogP contribution < -0.4 is 0 Å². The third kappa shape index (κ3) is 12.5. The molecule has 28 heavy (non-hydrogen) atoms. The lowest BCUT2D eigenvalue weighted by molar-refractivity contribution is -0.142. The van der Waals surface area contributed by atoms with Crippen molar-refractivity contribution in [2.24, 2.45) is 0 Å². The summed E-state index contributed by atoms with van der Waals surface area (Å²) >= 11 is 1.43. The van der Waals surface area contributed by atoms with E-state index in [2.05, 4.69) is 11.9 Å². The van der Waals surface area contributed by atoms with E-state index < -0.39 is 6.10 Å². The number of rotatable bonds is 18. The van der Waals surface area contributed by atoms with Gasteiger partial charge in [0.05, 0.1) is 18.7 Å². The molecule has 1 rings (SSSR count). The second-order valence-electron chi connectivity index (χ2n) is 7.71. The first-order valence-electron chi connectivity index (χ1n) is 11.4. The number of thiazole rings is 1. The third-order valence-electron chi connectivity index (χ3n) is 5.07. The molecule has 1 heterocycles. The monoisotopic (exact) mass is 411 g/mol. The molecule has 1 atom stereocenters. The Hall–Kier alpha value is -0.940. The molecule has 0 saturated heterocycles. The van der Waals surface area contributed by atoms with Crippen LogP contribution in [0, 0.1) is 0 Å². The van der Waals surface area contributed by atoms with Crippen molar-refractivity contribution < 1.29 is 14.6 Å². The van der Waals surface area contributed by atoms with Crippen LogP contribution in [-0.4, -0.2) is 22.7 Å². The molecule has 0 bridgehead atoms. The SMILES string of the molecule is CCCCCCCCCCCCCCCC(O)c1nc(CC(=O)OCC)cs1. The Morgan fingerprint density at radius 3 is 2.04 bits per heavy atom. The largest absolute Gasteiger partial charge is 0.466 e. The quantitative estimate of drug-likeness (QED) is 0.214. The van der Waals surface area contributed by atoms with Gasteiger partial charge in [-0.3, -0.25) is 4.79 Å². The molecule has 0 aliphatic heterocycles. The topological polar surface area (TPSA) is 59.4 Å². The molecule has 5 heteroatoms. The fourth-order valence-electron chi connectivity index (χ4n) is 3.40. The highest BCUT2D eigenvalue weighted by molar-refractivity contribution is 7.09. The van der Waals surface area contributed by atoms with Crippen LogP contribution >= 0.6 is 11.3 Å². The highest BCUT2D eigenvalue weighted by atomic mass is 32.1. The van der Waals surface area contributed by atoms with E-state index in [9.17, 15) is 9.90 Å². The molecule has 0 radical (unpaired) electrons. The first-order chi connectivity index (χ1) is 13.7. The third-order valence-corrected chi connectivity index (χ3v) is 6.06. The molecule has 4 nitrogen and oxygen atoms in total. The molecule has 1 aromatic heterocycles. The minimum absolute atomic E-state index is 0.190. The van der Waals surface area contributed by atoms with E-state index in [0.717, 1.165) is 17.8 Å². The number of esters is 1. The van der Waals surface area contributed by atoms with Crippen LogP contribution in [0.5, 0.6) is 0 Å². The molecule has 1 N–H and O–H groups in total. The van der Waals surface area contributed by atoms with Gasteiger partial charge in [0.1, 0.15) is 11.1 Å². The van der Waals surface area contributed by atoms with E-state index in [4.69, 9.17) is 4.74 Å². The minimum Gasteiger partial charge on any atom is -0.466 e. The smallest absolute Gasteiger partial charge is 0.311 e. The highest BCUT2D eigenvalue weighted by Crippen LogP contribution is 2.24. The number of ether oxygens (including phenoxy) is 1. The van der Waals surface area contributed by atoms with Crippen LogP contribution in [0.15, 0.2) is 5.38 Å². The van der Waals surface area contributed by atoms with Gasteiger partial charge in [-0.15, -0.1) is 11.3 Å². The Morgan fingerprint density at radius 2 is 1.50 bits per heavy atom. The van der Waals surface area contributed by atoms with Crippen molar-refractivity contribution in [2.75, 3.05) is 6.61 Å². The molecule has 0 amide bonds. The Bertz CT molecular complexity index is 504. The van der Waals surface area contributed by atoms with Crippen molar-refractivity contribution >= 4 is 17.3 Å². The fourth-order valence-corrected chi connectivity index (χ4v) is 4.23. The standard InChI is InChI=1S/C23H41NO3S/c1-3-5-6-7-8-9-10-11-12-13-14-15-16-17-21(25)23-24-20(19-28-23)18-22(26)27-4-2/h19,21,25H,3-18H2,1-2H3. The Labute approximate surface area is 176 Å². The van der Waals surface area contributed by atoms with E-state index in [1.807, 2.05) is 5.38 Å². The van der Waals surface area contributed by atoms with Gasteiger partial charge >= 0.3 is 5.97 Å². The molecule has 0 spiro atoms. The molecule has 0 aliphatic rings. The van der Waals surface area contributed by atoms with Crippen LogP contribution in [0.25, 0.3) is 0 Å². The van der Waals surface area contributed by atoms with Crippen molar-refractivity contribution in [3.05, 3.63) is 16.1 Å². The Kier molecular flexibility index (Phi) is 15.2. The van der Waals surface area contributed by atoms with E-state index in [0.29, 0.717) is 12.3 Å². The maximum absolute atomic E-state index is 11.5. The van der Waals surface area contributed by atoms with Crippen molar-refractivity contribution in [2.45, 2.75) is 116 Å². The molecular weight excluding hydrogens is 370 g/mol. The van der Waals surface area contributed by atoms with Gasteiger partial charge in [-0.2, -0.15) is 0 Å². The van der Waals surface area contributed by atoms with Crippen LogP contribution in [-0.2, 0) is 16.0 Å². The highest BCUT2D eigenvalue weighted by Gasteiger charge is 2.14. The van der Waals surface area contributed by atoms with Gasteiger partial charge in [-0.1, -0.05) is 90.4 Å². The number of aliphatic hydroxyl groups is 1. The maximum Gasteiger partial charge on any atom is 0.311 e. The normalized spacial score (nSPS) is 12.2. The first kappa shape index (κ1) is 25.1. The number of hydrogen-bond acceptors (Lipinski definition) is 5. The van der Waals surface area contributed by atoms with Gasteiger partial charge in [0.2, 0.25) is 0 Å². The Balaban J connectivity index is 1.97. The molecule has 0 aromatic carbocycles. The van der Waals surface area contributed by atoms with Crippen LogP contribution in [0.2, 0.25) is 0 Å². The second-order valence-corrected chi connectivity index (χ2v) is 8.60. The number of hydrogen-bond donors (Lipinski definition) is 1. The Morgan fingerprint density at radius 1 is 0.964 bits per heavy atom. The molecule has 1 aromatic rings. The van der Waals surface area contributed by atoms with Gasteiger partial charge < -0.3 is 9.84 Å². The van der Waals surface area contributed by atoms with Crippen molar-refractivity contribution in [3.8, 4) is 0 Å². The van der Waals surface area contributed by atoms with Crippen molar-refractivity contribution in [1.29, 1.82) is 0 Å². The summed E-state index contributed by atoms with van der Waals surface area (Å²) in [6.07, 6.45) is 17.7. The van der Waals surface area contributed by atoms with E-state index in [1.54, 1.807) is 6.92 Å². The van der Waals surface area contributed by atoms with E-state index >= 15 is 0 Å². The summed E-state index contributed by atoms with van der Waals surface area (Å²) in [4.78, 5) is 15.9. The molecule has 0 saturated carbocycles. The number of carbonyl (C=O) groups is 1. The lowest BCUT2D eigenvalue weighted by atomic mass is 10.0. The first-order valence-corrected chi connectivity index (χ1v) is 12.3. The zero-order valence-electron chi connectivity index (χ0n) is 18.1. The summed E-state index contributed by atoms with van der Waals surface area (Å²) in [5, 5.41) is 12.8. The summed E-state index contributed by atoms with van der Waals surface area (Å²) in [6.45, 7) is 4.45. The summed E-state index contributed by atoms with van der Waals surface area (Å²) in [5.41, 5.74) is 0.697. The van der Waals surface area contributed by atoms with Crippen molar-refractivity contribution in [3.63, 3.8) is 0 Å². The fraction of sp³-hybridized carbons (Fsp3) is 0.826. The number of unbranched alkanes of at least 4 members (excludes halogenated alkanes) is 12. The summed E-state index contributed by atoms with van der Waals surface area (Å²) in [6, 6.07) is 0. The van der Waals surface area contributed by atoms with Gasteiger partial charge in [-0.25, -0.2) is 4.98 Å². The van der Waals surface area contributed by atoms with Gasteiger partial charge in [0.15, 0.2) is 0 Å². The number of aromatic nitrogens is 1. The van der Waals surface area contributed by atoms with Crippen LogP contribution in [0.1, 0.15) is 121 Å². The maximum atomic E-state index is 11.5.